The van der Waals surface area contributed by atoms with Crippen LogP contribution < -0.4 is 9.64 Å². The predicted molar refractivity (Wildman–Crippen MR) is 311 cm³/mol. The molecular weight excluding hydrogens is 907 g/mol. The fourth-order valence-corrected chi connectivity index (χ4v) is 12.5. The van der Waals surface area contributed by atoms with Crippen LogP contribution in [0.2, 0.25) is 0 Å². The van der Waals surface area contributed by atoms with Crippen LogP contribution in [0, 0.1) is 0 Å². The summed E-state index contributed by atoms with van der Waals surface area (Å²) in [6, 6.07) is 103. The molecule has 360 valence electrons. The van der Waals surface area contributed by atoms with Crippen molar-refractivity contribution in [3.8, 4) is 39.1 Å². The van der Waals surface area contributed by atoms with Gasteiger partial charge in [-0.15, -0.1) is 0 Å². The Labute approximate surface area is 441 Å². The van der Waals surface area contributed by atoms with Gasteiger partial charge in [0.05, 0.1) is 10.8 Å². The van der Waals surface area contributed by atoms with E-state index < -0.39 is 10.8 Å². The molecule has 13 rings (SSSR count). The molecule has 0 heterocycles. The number of hydrogen-bond acceptors (Lipinski definition) is 2. The molecule has 0 radical (unpaired) electrons. The van der Waals surface area contributed by atoms with Crippen LogP contribution in [0.3, 0.4) is 0 Å². The first-order valence-electron chi connectivity index (χ1n) is 26.5. The molecule has 0 fully saturated rings. The number of hydrogen-bond donors (Lipinski definition) is 0. The molecule has 0 aliphatic heterocycles. The van der Waals surface area contributed by atoms with Gasteiger partial charge in [0.1, 0.15) is 12.4 Å². The maximum Gasteiger partial charge on any atom is 0.119 e. The number of benzene rings is 11. The van der Waals surface area contributed by atoms with Crippen LogP contribution in [0.4, 0.5) is 17.1 Å². The highest BCUT2D eigenvalue weighted by Crippen LogP contribution is 2.59. The highest BCUT2D eigenvalue weighted by molar-refractivity contribution is 5.92. The van der Waals surface area contributed by atoms with Crippen molar-refractivity contribution >= 4 is 17.1 Å². The average Bonchev–Trinajstić information content (AvgIpc) is 3.97. The molecule has 0 bridgehead atoms. The lowest BCUT2D eigenvalue weighted by Crippen LogP contribution is -2.29. The molecule has 2 atom stereocenters. The third-order valence-corrected chi connectivity index (χ3v) is 16.3. The Morgan fingerprint density at radius 3 is 1.24 bits per heavy atom. The summed E-state index contributed by atoms with van der Waals surface area (Å²) in [5.41, 5.74) is 21.9. The Hall–Kier alpha value is -8.98. The van der Waals surface area contributed by atoms with Gasteiger partial charge >= 0.3 is 0 Å². The third-order valence-electron chi connectivity index (χ3n) is 16.3. The first kappa shape index (κ1) is 45.9. The van der Waals surface area contributed by atoms with E-state index in [1.807, 2.05) is 0 Å². The van der Waals surface area contributed by atoms with E-state index in [0.29, 0.717) is 12.5 Å². The fourth-order valence-electron chi connectivity index (χ4n) is 12.5. The molecule has 0 N–H and O–H groups in total. The highest BCUT2D eigenvalue weighted by atomic mass is 16.5. The van der Waals surface area contributed by atoms with Crippen molar-refractivity contribution in [2.75, 3.05) is 4.90 Å². The predicted octanol–water partition coefficient (Wildman–Crippen LogP) is 18.6. The summed E-state index contributed by atoms with van der Waals surface area (Å²) in [5.74, 6) is 1.39. The maximum atomic E-state index is 6.52. The largest absolute Gasteiger partial charge is 0.489 e. The summed E-state index contributed by atoms with van der Waals surface area (Å²) in [4.78, 5) is 2.48. The number of anilines is 3. The van der Waals surface area contributed by atoms with Crippen molar-refractivity contribution in [3.05, 3.63) is 335 Å². The molecule has 2 aliphatic carbocycles. The average molecular weight is 964 g/mol. The molecule has 2 nitrogen and oxygen atoms in total. The topological polar surface area (TPSA) is 12.5 Å². The van der Waals surface area contributed by atoms with Gasteiger partial charge in [0.15, 0.2) is 0 Å². The van der Waals surface area contributed by atoms with Crippen LogP contribution in [0.15, 0.2) is 279 Å². The van der Waals surface area contributed by atoms with Crippen molar-refractivity contribution < 1.29 is 4.74 Å². The monoisotopic (exact) mass is 963 g/mol. The van der Waals surface area contributed by atoms with Crippen LogP contribution in [-0.4, -0.2) is 0 Å². The van der Waals surface area contributed by atoms with Gasteiger partial charge in [-0.05, 0) is 150 Å². The lowest BCUT2D eigenvalue weighted by molar-refractivity contribution is 0.306. The van der Waals surface area contributed by atoms with Crippen molar-refractivity contribution in [1.29, 1.82) is 0 Å². The molecule has 2 heteroatoms. The highest BCUT2D eigenvalue weighted by Gasteiger charge is 2.48. The smallest absolute Gasteiger partial charge is 0.119 e. The fraction of sp³-hybridized carbons (Fsp3) is 0.0959. The zero-order chi connectivity index (χ0) is 50.3. The number of rotatable bonds is 13. The molecule has 0 aromatic heterocycles. The zero-order valence-corrected chi connectivity index (χ0v) is 42.4. The van der Waals surface area contributed by atoms with E-state index in [2.05, 4.69) is 298 Å². The molecule has 0 saturated heterocycles. The minimum atomic E-state index is -0.633. The van der Waals surface area contributed by atoms with Crippen LogP contribution in [-0.2, 0) is 17.4 Å². The van der Waals surface area contributed by atoms with Crippen molar-refractivity contribution in [1.82, 2.24) is 0 Å². The molecule has 0 amide bonds. The summed E-state index contributed by atoms with van der Waals surface area (Å²) in [5, 5.41) is 0. The Kier molecular flexibility index (Phi) is 11.7. The number of nitrogens with zero attached hydrogens (tertiary/aromatic N) is 1. The van der Waals surface area contributed by atoms with E-state index in [1.54, 1.807) is 0 Å². The van der Waals surface area contributed by atoms with Gasteiger partial charge in [-0.25, -0.2) is 0 Å². The molecule has 75 heavy (non-hydrogen) atoms. The van der Waals surface area contributed by atoms with Gasteiger partial charge in [0, 0.05) is 17.1 Å². The van der Waals surface area contributed by atoms with E-state index in [0.717, 1.165) is 34.8 Å². The van der Waals surface area contributed by atoms with Crippen molar-refractivity contribution in [2.24, 2.45) is 0 Å². The standard InChI is InChI=1S/C73H57NO/c1-3-51(2)53-34-32-52(33-35-53)50-75-63-44-38-59(39-45-63)73(58-26-14-7-15-27-58)69-31-19-17-29-65(69)67-47-43-62(49-71(67)73)74(60-40-36-55(37-41-60)54-20-8-4-9-21-54)61-42-46-66-64-28-16-18-30-68(64)72(70(66)48-61,56-22-10-5-11-23-56)57-24-12-6-13-25-57/h4-49,51H,3,50H2,1-2H3. The van der Waals surface area contributed by atoms with Gasteiger partial charge < -0.3 is 9.64 Å². The summed E-state index contributed by atoms with van der Waals surface area (Å²) in [6.07, 6.45) is 1.12. The number of fused-ring (bicyclic) bond motifs is 6. The van der Waals surface area contributed by atoms with E-state index >= 15 is 0 Å². The van der Waals surface area contributed by atoms with Crippen LogP contribution in [0.1, 0.15) is 81.8 Å². The van der Waals surface area contributed by atoms with E-state index in [1.165, 1.54) is 83.5 Å². The van der Waals surface area contributed by atoms with Crippen LogP contribution in [0.25, 0.3) is 33.4 Å². The lowest BCUT2D eigenvalue weighted by Gasteiger charge is -2.36. The second-order valence-corrected chi connectivity index (χ2v) is 20.3. The van der Waals surface area contributed by atoms with Crippen molar-refractivity contribution in [2.45, 2.75) is 43.6 Å². The van der Waals surface area contributed by atoms with Crippen LogP contribution >= 0.6 is 0 Å². The Morgan fingerprint density at radius 2 is 0.760 bits per heavy atom. The van der Waals surface area contributed by atoms with Gasteiger partial charge in [-0.2, -0.15) is 0 Å². The Morgan fingerprint density at radius 1 is 0.360 bits per heavy atom. The second-order valence-electron chi connectivity index (χ2n) is 20.3. The summed E-state index contributed by atoms with van der Waals surface area (Å²) >= 11 is 0. The quantitative estimate of drug-likeness (QED) is 0.114. The summed E-state index contributed by atoms with van der Waals surface area (Å²) < 4.78 is 6.52. The first-order valence-corrected chi connectivity index (χ1v) is 26.5. The normalized spacial score (nSPS) is 15.0. The summed E-state index contributed by atoms with van der Waals surface area (Å²) in [6.45, 7) is 5.03. The molecule has 11 aromatic carbocycles. The molecule has 0 saturated carbocycles. The van der Waals surface area contributed by atoms with Crippen molar-refractivity contribution in [3.63, 3.8) is 0 Å². The van der Waals surface area contributed by atoms with E-state index in [9.17, 15) is 0 Å². The van der Waals surface area contributed by atoms with Gasteiger partial charge in [0.25, 0.3) is 0 Å². The van der Waals surface area contributed by atoms with Crippen LogP contribution in [0.5, 0.6) is 5.75 Å². The molecule has 2 unspecified atom stereocenters. The minimum Gasteiger partial charge on any atom is -0.489 e. The van der Waals surface area contributed by atoms with Gasteiger partial charge in [-0.1, -0.05) is 244 Å². The minimum absolute atomic E-state index is 0.508. The Balaban J connectivity index is 0.993. The molecule has 2 aliphatic rings. The van der Waals surface area contributed by atoms with Gasteiger partial charge in [-0.3, -0.25) is 0 Å². The van der Waals surface area contributed by atoms with Gasteiger partial charge in [0.2, 0.25) is 0 Å². The van der Waals surface area contributed by atoms with E-state index in [4.69, 9.17) is 4.74 Å². The number of ether oxygens (including phenoxy) is 1. The lowest BCUT2D eigenvalue weighted by atomic mass is 9.67. The molecule has 11 aromatic rings. The third kappa shape index (κ3) is 7.63. The SMILES string of the molecule is CCC(C)c1ccc(COc2ccc(C3(c4ccccc4)c4ccccc4-c4ccc(N(c5ccc(-c6ccccc6)cc5)c5ccc6c(c5)C(c5ccccc5)(c5ccccc5)c5ccccc5-6)cc43)cc2)cc1. The summed E-state index contributed by atoms with van der Waals surface area (Å²) in [7, 11) is 0. The Bertz CT molecular complexity index is 3750. The second kappa shape index (κ2) is 19.1. The zero-order valence-electron chi connectivity index (χ0n) is 42.4. The van der Waals surface area contributed by atoms with E-state index in [-0.39, 0.29) is 0 Å². The maximum absolute atomic E-state index is 6.52. The first-order chi connectivity index (χ1) is 37.0. The molecular formula is C73H57NO. The molecule has 0 spiro atoms.